The zero-order valence-corrected chi connectivity index (χ0v) is 11.5. The third-order valence-electron chi connectivity index (χ3n) is 3.60. The van der Waals surface area contributed by atoms with E-state index < -0.39 is 0 Å². The molecule has 1 aromatic rings. The van der Waals surface area contributed by atoms with Crippen LogP contribution in [0, 0.1) is 11.2 Å². The predicted octanol–water partition coefficient (Wildman–Crippen LogP) is 2.95. The number of benzene rings is 1. The molecule has 1 aliphatic heterocycles. The highest BCUT2D eigenvalue weighted by molar-refractivity contribution is 5.55. The summed E-state index contributed by atoms with van der Waals surface area (Å²) in [4.78, 5) is 2.36. The van der Waals surface area contributed by atoms with Crippen LogP contribution in [0.1, 0.15) is 32.8 Å². The molecule has 2 N–H and O–H groups in total. The van der Waals surface area contributed by atoms with Gasteiger partial charge in [-0.2, -0.15) is 0 Å². The van der Waals surface area contributed by atoms with Gasteiger partial charge in [-0.25, -0.2) is 4.39 Å². The molecule has 1 aliphatic rings. The lowest BCUT2D eigenvalue weighted by atomic mass is 9.93. The van der Waals surface area contributed by atoms with Crippen LogP contribution in [0.3, 0.4) is 0 Å². The number of nitrogens with zero attached hydrogens (tertiary/aromatic N) is 1. The van der Waals surface area contributed by atoms with E-state index in [1.807, 2.05) is 13.0 Å². The molecule has 1 saturated heterocycles. The smallest absolute Gasteiger partial charge is 0.123 e. The fourth-order valence-electron chi connectivity index (χ4n) is 2.69. The van der Waals surface area contributed by atoms with Crippen molar-refractivity contribution in [1.29, 1.82) is 0 Å². The average molecular weight is 250 g/mol. The van der Waals surface area contributed by atoms with Crippen molar-refractivity contribution in [3.05, 3.63) is 29.6 Å². The Balaban J connectivity index is 2.27. The third-order valence-corrected chi connectivity index (χ3v) is 3.60. The van der Waals surface area contributed by atoms with Gasteiger partial charge < -0.3 is 10.6 Å². The van der Waals surface area contributed by atoms with Gasteiger partial charge in [-0.15, -0.1) is 0 Å². The Kier molecular flexibility index (Phi) is 3.62. The van der Waals surface area contributed by atoms with Crippen LogP contribution in [-0.2, 0) is 6.42 Å². The number of anilines is 1. The Morgan fingerprint density at radius 3 is 2.72 bits per heavy atom. The lowest BCUT2D eigenvalue weighted by Gasteiger charge is -2.24. The van der Waals surface area contributed by atoms with Crippen molar-refractivity contribution in [1.82, 2.24) is 0 Å². The summed E-state index contributed by atoms with van der Waals surface area (Å²) in [5.41, 5.74) is 8.38. The summed E-state index contributed by atoms with van der Waals surface area (Å²) in [6.07, 6.45) is 1.91. The molecule has 3 heteroatoms. The molecule has 1 atom stereocenters. The van der Waals surface area contributed by atoms with E-state index in [4.69, 9.17) is 5.73 Å². The first kappa shape index (κ1) is 13.3. The van der Waals surface area contributed by atoms with Crippen molar-refractivity contribution in [3.8, 4) is 0 Å². The highest BCUT2D eigenvalue weighted by Gasteiger charge is 2.30. The summed E-state index contributed by atoms with van der Waals surface area (Å²) in [6, 6.07) is 5.13. The maximum atomic E-state index is 13.4. The van der Waals surface area contributed by atoms with E-state index >= 15 is 0 Å². The van der Waals surface area contributed by atoms with Crippen molar-refractivity contribution in [2.45, 2.75) is 39.7 Å². The lowest BCUT2D eigenvalue weighted by Crippen LogP contribution is -2.25. The molecule has 18 heavy (non-hydrogen) atoms. The number of nitrogens with two attached hydrogens (primary N) is 1. The molecule has 1 fully saturated rings. The van der Waals surface area contributed by atoms with Crippen molar-refractivity contribution in [2.24, 2.45) is 11.1 Å². The zero-order valence-electron chi connectivity index (χ0n) is 11.5. The summed E-state index contributed by atoms with van der Waals surface area (Å²) in [7, 11) is 0. The van der Waals surface area contributed by atoms with Crippen LogP contribution in [0.5, 0.6) is 0 Å². The van der Waals surface area contributed by atoms with Crippen molar-refractivity contribution < 1.29 is 4.39 Å². The first-order valence-electron chi connectivity index (χ1n) is 6.66. The zero-order chi connectivity index (χ0) is 13.3. The minimum atomic E-state index is -0.173. The van der Waals surface area contributed by atoms with Crippen LogP contribution in [0.4, 0.5) is 10.1 Å². The molecular weight excluding hydrogens is 227 g/mol. The van der Waals surface area contributed by atoms with Crippen LogP contribution in [-0.4, -0.2) is 19.1 Å². The molecule has 0 aromatic heterocycles. The van der Waals surface area contributed by atoms with Gasteiger partial charge in [-0.3, -0.25) is 0 Å². The van der Waals surface area contributed by atoms with Gasteiger partial charge in [0.15, 0.2) is 0 Å². The average Bonchev–Trinajstić information content (AvgIpc) is 2.58. The predicted molar refractivity (Wildman–Crippen MR) is 74.4 cm³/mol. The Labute approximate surface area is 109 Å². The molecule has 0 bridgehead atoms. The Morgan fingerprint density at radius 2 is 2.17 bits per heavy atom. The SMILES string of the molecule is CC(N)Cc1cc(F)ccc1N1CCC(C)(C)C1. The van der Waals surface area contributed by atoms with E-state index in [0.717, 1.165) is 30.8 Å². The molecular formula is C15H23FN2. The van der Waals surface area contributed by atoms with Gasteiger partial charge in [0, 0.05) is 24.8 Å². The van der Waals surface area contributed by atoms with Gasteiger partial charge in [0.2, 0.25) is 0 Å². The van der Waals surface area contributed by atoms with Crippen molar-refractivity contribution >= 4 is 5.69 Å². The Morgan fingerprint density at radius 1 is 1.44 bits per heavy atom. The number of hydrogen-bond acceptors (Lipinski definition) is 2. The van der Waals surface area contributed by atoms with Gasteiger partial charge in [0.1, 0.15) is 5.82 Å². The molecule has 2 nitrogen and oxygen atoms in total. The minimum absolute atomic E-state index is 0.0566. The highest BCUT2D eigenvalue weighted by atomic mass is 19.1. The van der Waals surface area contributed by atoms with Crippen LogP contribution < -0.4 is 10.6 Å². The second-order valence-electron chi connectivity index (χ2n) is 6.29. The van der Waals surface area contributed by atoms with Gasteiger partial charge in [-0.05, 0) is 48.9 Å². The standard InChI is InChI=1S/C15H23FN2/c1-11(17)8-12-9-13(16)4-5-14(12)18-7-6-15(2,3)10-18/h4-5,9,11H,6-8,10,17H2,1-3H3. The fraction of sp³-hybridized carbons (Fsp3) is 0.600. The molecule has 1 aromatic carbocycles. The van der Waals surface area contributed by atoms with Crippen LogP contribution in [0.15, 0.2) is 18.2 Å². The molecule has 0 aliphatic carbocycles. The van der Waals surface area contributed by atoms with E-state index in [1.165, 1.54) is 6.42 Å². The molecule has 100 valence electrons. The fourth-order valence-corrected chi connectivity index (χ4v) is 2.69. The second kappa shape index (κ2) is 4.88. The number of hydrogen-bond donors (Lipinski definition) is 1. The normalized spacial score (nSPS) is 20.2. The molecule has 1 heterocycles. The summed E-state index contributed by atoms with van der Waals surface area (Å²) < 4.78 is 13.4. The first-order chi connectivity index (χ1) is 8.37. The van der Waals surface area contributed by atoms with E-state index in [2.05, 4.69) is 18.7 Å². The Bertz CT molecular complexity index is 427. The lowest BCUT2D eigenvalue weighted by molar-refractivity contribution is 0.418. The van der Waals surface area contributed by atoms with Crippen molar-refractivity contribution in [3.63, 3.8) is 0 Å². The minimum Gasteiger partial charge on any atom is -0.371 e. The number of rotatable bonds is 3. The Hall–Kier alpha value is -1.09. The van der Waals surface area contributed by atoms with Gasteiger partial charge in [0.25, 0.3) is 0 Å². The number of halogens is 1. The largest absolute Gasteiger partial charge is 0.371 e. The highest BCUT2D eigenvalue weighted by Crippen LogP contribution is 2.34. The topological polar surface area (TPSA) is 29.3 Å². The van der Waals surface area contributed by atoms with Gasteiger partial charge in [0.05, 0.1) is 0 Å². The maximum absolute atomic E-state index is 13.4. The summed E-state index contributed by atoms with van der Waals surface area (Å²) >= 11 is 0. The monoisotopic (exact) mass is 250 g/mol. The van der Waals surface area contributed by atoms with Crippen molar-refractivity contribution in [2.75, 3.05) is 18.0 Å². The molecule has 0 saturated carbocycles. The van der Waals surface area contributed by atoms with Crippen LogP contribution in [0.25, 0.3) is 0 Å². The van der Waals surface area contributed by atoms with Gasteiger partial charge in [-0.1, -0.05) is 13.8 Å². The van der Waals surface area contributed by atoms with Gasteiger partial charge >= 0.3 is 0 Å². The van der Waals surface area contributed by atoms with Crippen LogP contribution >= 0.6 is 0 Å². The van der Waals surface area contributed by atoms with E-state index in [-0.39, 0.29) is 11.9 Å². The van der Waals surface area contributed by atoms with Crippen LogP contribution in [0.2, 0.25) is 0 Å². The quantitative estimate of drug-likeness (QED) is 0.893. The van der Waals surface area contributed by atoms with E-state index in [1.54, 1.807) is 12.1 Å². The molecule has 1 unspecified atom stereocenters. The van der Waals surface area contributed by atoms with E-state index in [0.29, 0.717) is 5.41 Å². The third kappa shape index (κ3) is 3.02. The molecule has 2 rings (SSSR count). The molecule has 0 radical (unpaired) electrons. The summed E-state index contributed by atoms with van der Waals surface area (Å²) in [5.74, 6) is -0.173. The first-order valence-corrected chi connectivity index (χ1v) is 6.66. The summed E-state index contributed by atoms with van der Waals surface area (Å²) in [5, 5.41) is 0. The molecule has 0 amide bonds. The maximum Gasteiger partial charge on any atom is 0.123 e. The summed E-state index contributed by atoms with van der Waals surface area (Å²) in [6.45, 7) is 8.60. The second-order valence-corrected chi connectivity index (χ2v) is 6.29. The molecule has 0 spiro atoms. The van der Waals surface area contributed by atoms with E-state index in [9.17, 15) is 4.39 Å².